The molecule has 1 aromatic carbocycles. The molecule has 0 radical (unpaired) electrons. The van der Waals surface area contributed by atoms with Crippen LogP contribution < -0.4 is 10.6 Å². The lowest BCUT2D eigenvalue weighted by molar-refractivity contribution is 0.633. The number of aromatic nitrogens is 1. The van der Waals surface area contributed by atoms with E-state index in [1.807, 2.05) is 0 Å². The van der Waals surface area contributed by atoms with Crippen LogP contribution in [0.15, 0.2) is 24.3 Å². The number of benzene rings is 1. The quantitative estimate of drug-likeness (QED) is 0.855. The summed E-state index contributed by atoms with van der Waals surface area (Å²) in [5.74, 6) is 1.04. The second-order valence-corrected chi connectivity index (χ2v) is 5.01. The molecule has 2 N–H and O–H groups in total. The number of anilines is 1. The average Bonchev–Trinajstić information content (AvgIpc) is 2.96. The van der Waals surface area contributed by atoms with Crippen LogP contribution >= 0.6 is 11.5 Å². The summed E-state index contributed by atoms with van der Waals surface area (Å²) in [5.41, 5.74) is 0. The number of nitrogens with one attached hydrogen (secondary N) is 2. The van der Waals surface area contributed by atoms with Crippen molar-refractivity contribution in [3.63, 3.8) is 0 Å². The Morgan fingerprint density at radius 3 is 3.25 bits per heavy atom. The van der Waals surface area contributed by atoms with Gasteiger partial charge in [-0.2, -0.15) is 4.37 Å². The molecule has 84 valence electrons. The van der Waals surface area contributed by atoms with E-state index in [0.717, 1.165) is 18.9 Å². The maximum absolute atomic E-state index is 4.46. The maximum Gasteiger partial charge on any atom is 0.147 e. The van der Waals surface area contributed by atoms with Crippen LogP contribution in [0, 0.1) is 0 Å². The summed E-state index contributed by atoms with van der Waals surface area (Å²) in [4.78, 5) is 0. The van der Waals surface area contributed by atoms with Gasteiger partial charge in [0, 0.05) is 18.0 Å². The molecular weight excluding hydrogens is 218 g/mol. The molecule has 0 saturated carbocycles. The predicted octanol–water partition coefficient (Wildman–Crippen LogP) is 2.46. The van der Waals surface area contributed by atoms with Crippen molar-refractivity contribution < 1.29 is 0 Å². The van der Waals surface area contributed by atoms with Crippen molar-refractivity contribution in [3.8, 4) is 0 Å². The third kappa shape index (κ3) is 1.90. The first-order chi connectivity index (χ1) is 7.93. The fraction of sp³-hybridized carbons (Fsp3) is 0.417. The van der Waals surface area contributed by atoms with E-state index in [1.165, 1.54) is 22.9 Å². The van der Waals surface area contributed by atoms with Crippen molar-refractivity contribution in [1.29, 1.82) is 0 Å². The van der Waals surface area contributed by atoms with Gasteiger partial charge in [-0.05, 0) is 43.1 Å². The Morgan fingerprint density at radius 1 is 1.44 bits per heavy atom. The Labute approximate surface area is 99.0 Å². The zero-order chi connectivity index (χ0) is 10.8. The fourth-order valence-corrected chi connectivity index (χ4v) is 2.92. The molecule has 1 aliphatic heterocycles. The molecule has 0 spiro atoms. The highest BCUT2D eigenvalue weighted by molar-refractivity contribution is 7.13. The summed E-state index contributed by atoms with van der Waals surface area (Å²) in [7, 11) is 0. The van der Waals surface area contributed by atoms with Crippen LogP contribution in [0.5, 0.6) is 0 Å². The molecule has 4 heteroatoms. The van der Waals surface area contributed by atoms with E-state index in [9.17, 15) is 0 Å². The van der Waals surface area contributed by atoms with Gasteiger partial charge in [-0.1, -0.05) is 12.1 Å². The highest BCUT2D eigenvalue weighted by Crippen LogP contribution is 2.26. The third-order valence-electron chi connectivity index (χ3n) is 3.06. The lowest BCUT2D eigenvalue weighted by atomic mass is 10.2. The maximum atomic E-state index is 4.46. The van der Waals surface area contributed by atoms with E-state index in [2.05, 4.69) is 39.3 Å². The molecule has 0 unspecified atom stereocenters. The number of fused-ring (bicyclic) bond motifs is 1. The molecule has 1 saturated heterocycles. The molecule has 16 heavy (non-hydrogen) atoms. The van der Waals surface area contributed by atoms with Gasteiger partial charge >= 0.3 is 0 Å². The fourth-order valence-electron chi connectivity index (χ4n) is 2.16. The Balaban J connectivity index is 1.73. The van der Waals surface area contributed by atoms with Crippen molar-refractivity contribution in [2.24, 2.45) is 0 Å². The van der Waals surface area contributed by atoms with Crippen LogP contribution in [0.1, 0.15) is 12.8 Å². The van der Waals surface area contributed by atoms with Crippen LogP contribution in [-0.2, 0) is 0 Å². The van der Waals surface area contributed by atoms with Gasteiger partial charge in [0.25, 0.3) is 0 Å². The van der Waals surface area contributed by atoms with E-state index in [1.54, 1.807) is 11.5 Å². The average molecular weight is 233 g/mol. The van der Waals surface area contributed by atoms with Gasteiger partial charge < -0.3 is 10.6 Å². The minimum absolute atomic E-state index is 0.612. The summed E-state index contributed by atoms with van der Waals surface area (Å²) in [6.07, 6.45) is 2.57. The molecule has 0 amide bonds. The molecular formula is C12H15N3S. The van der Waals surface area contributed by atoms with Crippen LogP contribution in [0.2, 0.25) is 0 Å². The molecule has 2 heterocycles. The topological polar surface area (TPSA) is 37.0 Å². The number of hydrogen-bond donors (Lipinski definition) is 2. The van der Waals surface area contributed by atoms with Gasteiger partial charge in [0.1, 0.15) is 5.82 Å². The third-order valence-corrected chi connectivity index (χ3v) is 3.88. The summed E-state index contributed by atoms with van der Waals surface area (Å²) < 4.78 is 5.71. The number of nitrogens with zero attached hydrogens (tertiary/aromatic N) is 1. The minimum atomic E-state index is 0.612. The second-order valence-electron chi connectivity index (χ2n) is 4.20. The van der Waals surface area contributed by atoms with Gasteiger partial charge in [-0.25, -0.2) is 0 Å². The lowest BCUT2D eigenvalue weighted by Gasteiger charge is -2.10. The monoisotopic (exact) mass is 233 g/mol. The molecule has 1 fully saturated rings. The van der Waals surface area contributed by atoms with Crippen LogP contribution in [0.4, 0.5) is 5.82 Å². The standard InChI is InChI=1S/C12H15N3S/c1-2-6-11-10(5-1)12(15-16-11)14-8-9-4-3-7-13-9/h1-2,5-6,9,13H,3-4,7-8H2,(H,14,15)/t9-/m1/s1. The lowest BCUT2D eigenvalue weighted by Crippen LogP contribution is -2.29. The Hall–Kier alpha value is -1.13. The zero-order valence-corrected chi connectivity index (χ0v) is 9.89. The molecule has 1 atom stereocenters. The SMILES string of the molecule is c1ccc2c(NC[C@H]3CCCN3)nsc2c1. The molecule has 1 aliphatic rings. The van der Waals surface area contributed by atoms with Crippen LogP contribution in [-0.4, -0.2) is 23.5 Å². The van der Waals surface area contributed by atoms with Gasteiger partial charge in [-0.3, -0.25) is 0 Å². The Bertz CT molecular complexity index is 474. The van der Waals surface area contributed by atoms with E-state index in [4.69, 9.17) is 0 Å². The molecule has 0 bridgehead atoms. The highest BCUT2D eigenvalue weighted by Gasteiger charge is 2.14. The van der Waals surface area contributed by atoms with E-state index in [-0.39, 0.29) is 0 Å². The summed E-state index contributed by atoms with van der Waals surface area (Å²) in [6.45, 7) is 2.14. The summed E-state index contributed by atoms with van der Waals surface area (Å²) >= 11 is 1.56. The minimum Gasteiger partial charge on any atom is -0.367 e. The van der Waals surface area contributed by atoms with E-state index < -0.39 is 0 Å². The summed E-state index contributed by atoms with van der Waals surface area (Å²) in [5, 5.41) is 8.17. The van der Waals surface area contributed by atoms with Crippen molar-refractivity contribution >= 4 is 27.4 Å². The predicted molar refractivity (Wildman–Crippen MR) is 69.1 cm³/mol. The molecule has 3 rings (SSSR count). The zero-order valence-electron chi connectivity index (χ0n) is 9.07. The molecule has 0 aliphatic carbocycles. The number of rotatable bonds is 3. The van der Waals surface area contributed by atoms with Crippen molar-refractivity contribution in [3.05, 3.63) is 24.3 Å². The Kier molecular flexibility index (Phi) is 2.76. The van der Waals surface area contributed by atoms with Gasteiger partial charge in [-0.15, -0.1) is 0 Å². The first kappa shape index (κ1) is 10.1. The smallest absolute Gasteiger partial charge is 0.147 e. The Morgan fingerprint density at radius 2 is 2.38 bits per heavy atom. The first-order valence-corrected chi connectivity index (χ1v) is 6.52. The molecule has 3 nitrogen and oxygen atoms in total. The van der Waals surface area contributed by atoms with E-state index in [0.29, 0.717) is 6.04 Å². The van der Waals surface area contributed by atoms with Crippen molar-refractivity contribution in [2.75, 3.05) is 18.4 Å². The highest BCUT2D eigenvalue weighted by atomic mass is 32.1. The largest absolute Gasteiger partial charge is 0.367 e. The number of hydrogen-bond acceptors (Lipinski definition) is 4. The van der Waals surface area contributed by atoms with Gasteiger partial charge in [0.05, 0.1) is 4.70 Å². The first-order valence-electron chi connectivity index (χ1n) is 5.75. The summed E-state index contributed by atoms with van der Waals surface area (Å²) in [6, 6.07) is 8.98. The van der Waals surface area contributed by atoms with Crippen LogP contribution in [0.25, 0.3) is 10.1 Å². The van der Waals surface area contributed by atoms with Gasteiger partial charge in [0.15, 0.2) is 0 Å². The van der Waals surface area contributed by atoms with Crippen LogP contribution in [0.3, 0.4) is 0 Å². The van der Waals surface area contributed by atoms with Crippen molar-refractivity contribution in [2.45, 2.75) is 18.9 Å². The van der Waals surface area contributed by atoms with Crippen molar-refractivity contribution in [1.82, 2.24) is 9.69 Å². The van der Waals surface area contributed by atoms with Gasteiger partial charge in [0.2, 0.25) is 0 Å². The normalized spacial score (nSPS) is 20.4. The molecule has 1 aromatic heterocycles. The van der Waals surface area contributed by atoms with E-state index >= 15 is 0 Å². The second kappa shape index (κ2) is 4.39. The molecule has 2 aromatic rings.